The summed E-state index contributed by atoms with van der Waals surface area (Å²) in [5.74, 6) is 2.48. The van der Waals surface area contributed by atoms with Crippen molar-refractivity contribution in [1.82, 2.24) is 5.32 Å². The fourth-order valence-corrected chi connectivity index (χ4v) is 5.23. The van der Waals surface area contributed by atoms with E-state index in [1.54, 1.807) is 0 Å². The normalized spacial score (nSPS) is 31.2. The van der Waals surface area contributed by atoms with Gasteiger partial charge in [0.25, 0.3) is 0 Å². The van der Waals surface area contributed by atoms with Crippen molar-refractivity contribution < 1.29 is 0 Å². The summed E-state index contributed by atoms with van der Waals surface area (Å²) in [4.78, 5) is 0. The molecule has 2 heteroatoms. The minimum Gasteiger partial charge on any atom is -0.313 e. The van der Waals surface area contributed by atoms with Gasteiger partial charge >= 0.3 is 0 Å². The molecule has 0 heterocycles. The molecule has 0 radical (unpaired) electrons. The van der Waals surface area contributed by atoms with E-state index < -0.39 is 0 Å². The smallest absolute Gasteiger partial charge is 0.0201 e. The van der Waals surface area contributed by atoms with Crippen molar-refractivity contribution >= 4 is 11.8 Å². The third kappa shape index (κ3) is 4.77. The van der Waals surface area contributed by atoms with Gasteiger partial charge in [-0.3, -0.25) is 0 Å². The average molecular weight is 269 g/mol. The summed E-state index contributed by atoms with van der Waals surface area (Å²) in [5.41, 5.74) is 0. The van der Waals surface area contributed by atoms with Gasteiger partial charge in [-0.05, 0) is 43.9 Å². The fourth-order valence-electron chi connectivity index (χ4n) is 3.58. The van der Waals surface area contributed by atoms with E-state index in [9.17, 15) is 0 Å². The van der Waals surface area contributed by atoms with Crippen LogP contribution < -0.4 is 5.32 Å². The second kappa shape index (κ2) is 8.47. The number of thioether (sulfide) groups is 1. The molecule has 1 N–H and O–H groups in total. The van der Waals surface area contributed by atoms with Crippen LogP contribution in [0.15, 0.2) is 0 Å². The predicted octanol–water partition coefficient (Wildman–Crippen LogP) is 4.61. The Morgan fingerprint density at radius 1 is 0.889 bits per heavy atom. The molecule has 0 aromatic rings. The SMILES string of the molecule is CCNC1CCCCCCC1SCC1CCCC1. The van der Waals surface area contributed by atoms with E-state index in [0.717, 1.165) is 23.8 Å². The Kier molecular flexibility index (Phi) is 6.93. The molecule has 2 saturated carbocycles. The summed E-state index contributed by atoms with van der Waals surface area (Å²) < 4.78 is 0. The van der Waals surface area contributed by atoms with Crippen LogP contribution in [0.1, 0.15) is 71.1 Å². The molecule has 2 aliphatic rings. The summed E-state index contributed by atoms with van der Waals surface area (Å²) >= 11 is 2.30. The number of hydrogen-bond donors (Lipinski definition) is 1. The molecular weight excluding hydrogens is 238 g/mol. The van der Waals surface area contributed by atoms with Gasteiger partial charge in [0.15, 0.2) is 0 Å². The lowest BCUT2D eigenvalue weighted by Gasteiger charge is -2.30. The summed E-state index contributed by atoms with van der Waals surface area (Å²) in [6, 6.07) is 0.793. The maximum absolute atomic E-state index is 3.76. The quantitative estimate of drug-likeness (QED) is 0.782. The first-order valence-electron chi connectivity index (χ1n) is 8.25. The minimum atomic E-state index is 0.793. The van der Waals surface area contributed by atoms with E-state index in [0.29, 0.717) is 0 Å². The van der Waals surface area contributed by atoms with Crippen LogP contribution in [0, 0.1) is 5.92 Å². The summed E-state index contributed by atoms with van der Waals surface area (Å²) in [5, 5.41) is 4.65. The molecule has 0 bridgehead atoms. The highest BCUT2D eigenvalue weighted by Gasteiger charge is 2.24. The molecule has 0 aliphatic heterocycles. The van der Waals surface area contributed by atoms with E-state index >= 15 is 0 Å². The standard InChI is InChI=1S/C16H31NS/c1-2-17-15-11-5-3-4-6-12-16(15)18-13-14-9-7-8-10-14/h14-17H,2-13H2,1H3. The van der Waals surface area contributed by atoms with Crippen molar-refractivity contribution in [3.63, 3.8) is 0 Å². The van der Waals surface area contributed by atoms with Crippen molar-refractivity contribution in [3.05, 3.63) is 0 Å². The first-order chi connectivity index (χ1) is 8.90. The van der Waals surface area contributed by atoms with Gasteiger partial charge in [-0.1, -0.05) is 45.4 Å². The van der Waals surface area contributed by atoms with E-state index in [-0.39, 0.29) is 0 Å². The molecule has 106 valence electrons. The van der Waals surface area contributed by atoms with Gasteiger partial charge < -0.3 is 5.32 Å². The van der Waals surface area contributed by atoms with Crippen LogP contribution in [-0.2, 0) is 0 Å². The first-order valence-corrected chi connectivity index (χ1v) is 9.30. The molecule has 0 aromatic carbocycles. The number of nitrogens with one attached hydrogen (secondary N) is 1. The Bertz CT molecular complexity index is 213. The maximum Gasteiger partial charge on any atom is 0.0201 e. The Morgan fingerprint density at radius 2 is 1.56 bits per heavy atom. The lowest BCUT2D eigenvalue weighted by atomic mass is 9.96. The molecule has 2 rings (SSSR count). The van der Waals surface area contributed by atoms with Gasteiger partial charge in [0.1, 0.15) is 0 Å². The van der Waals surface area contributed by atoms with Crippen LogP contribution in [0.5, 0.6) is 0 Å². The first kappa shape index (κ1) is 14.7. The molecule has 0 amide bonds. The summed E-state index contributed by atoms with van der Waals surface area (Å²) in [7, 11) is 0. The van der Waals surface area contributed by atoms with Crippen LogP contribution in [0.2, 0.25) is 0 Å². The molecule has 2 unspecified atom stereocenters. The van der Waals surface area contributed by atoms with Gasteiger partial charge in [-0.25, -0.2) is 0 Å². The van der Waals surface area contributed by atoms with E-state index in [2.05, 4.69) is 24.0 Å². The molecule has 2 atom stereocenters. The van der Waals surface area contributed by atoms with Crippen LogP contribution in [0.4, 0.5) is 0 Å². The molecule has 2 fully saturated rings. The van der Waals surface area contributed by atoms with Crippen molar-refractivity contribution in [2.24, 2.45) is 5.92 Å². The second-order valence-electron chi connectivity index (χ2n) is 6.18. The Morgan fingerprint density at radius 3 is 2.28 bits per heavy atom. The zero-order valence-corrected chi connectivity index (χ0v) is 12.9. The van der Waals surface area contributed by atoms with Gasteiger partial charge in [-0.2, -0.15) is 11.8 Å². The van der Waals surface area contributed by atoms with Crippen molar-refractivity contribution in [2.75, 3.05) is 12.3 Å². The molecule has 0 spiro atoms. The topological polar surface area (TPSA) is 12.0 Å². The second-order valence-corrected chi connectivity index (χ2v) is 7.45. The van der Waals surface area contributed by atoms with Crippen LogP contribution in [-0.4, -0.2) is 23.6 Å². The Balaban J connectivity index is 1.79. The number of rotatable bonds is 5. The van der Waals surface area contributed by atoms with Crippen molar-refractivity contribution in [1.29, 1.82) is 0 Å². The highest BCUT2D eigenvalue weighted by molar-refractivity contribution is 7.99. The molecule has 0 saturated heterocycles. The zero-order valence-electron chi connectivity index (χ0n) is 12.1. The Hall–Kier alpha value is 0.310. The zero-order chi connectivity index (χ0) is 12.6. The molecule has 18 heavy (non-hydrogen) atoms. The predicted molar refractivity (Wildman–Crippen MR) is 83.4 cm³/mol. The monoisotopic (exact) mass is 269 g/mol. The van der Waals surface area contributed by atoms with E-state index in [1.807, 2.05) is 0 Å². The molecule has 0 aromatic heterocycles. The third-order valence-electron chi connectivity index (χ3n) is 4.69. The largest absolute Gasteiger partial charge is 0.313 e. The van der Waals surface area contributed by atoms with Gasteiger partial charge in [0.05, 0.1) is 0 Å². The van der Waals surface area contributed by atoms with E-state index in [1.165, 1.54) is 70.0 Å². The summed E-state index contributed by atoms with van der Waals surface area (Å²) in [6.45, 7) is 3.41. The van der Waals surface area contributed by atoms with Crippen LogP contribution >= 0.6 is 11.8 Å². The molecular formula is C16H31NS. The van der Waals surface area contributed by atoms with Crippen molar-refractivity contribution in [3.8, 4) is 0 Å². The molecule has 1 nitrogen and oxygen atoms in total. The fraction of sp³-hybridized carbons (Fsp3) is 1.00. The third-order valence-corrected chi connectivity index (χ3v) is 6.35. The maximum atomic E-state index is 3.76. The summed E-state index contributed by atoms with van der Waals surface area (Å²) in [6.07, 6.45) is 14.7. The molecule has 2 aliphatic carbocycles. The Labute approximate surface area is 118 Å². The van der Waals surface area contributed by atoms with Crippen molar-refractivity contribution in [2.45, 2.75) is 82.4 Å². The highest BCUT2D eigenvalue weighted by Crippen LogP contribution is 2.33. The van der Waals surface area contributed by atoms with Gasteiger partial charge in [-0.15, -0.1) is 0 Å². The lowest BCUT2D eigenvalue weighted by Crippen LogP contribution is -2.39. The average Bonchev–Trinajstić information content (AvgIpc) is 2.85. The van der Waals surface area contributed by atoms with Crippen LogP contribution in [0.3, 0.4) is 0 Å². The highest BCUT2D eigenvalue weighted by atomic mass is 32.2. The number of hydrogen-bond acceptors (Lipinski definition) is 2. The van der Waals surface area contributed by atoms with Gasteiger partial charge in [0.2, 0.25) is 0 Å². The van der Waals surface area contributed by atoms with Crippen LogP contribution in [0.25, 0.3) is 0 Å². The van der Waals surface area contributed by atoms with Gasteiger partial charge in [0, 0.05) is 11.3 Å². The van der Waals surface area contributed by atoms with E-state index in [4.69, 9.17) is 0 Å². The lowest BCUT2D eigenvalue weighted by molar-refractivity contribution is 0.405. The minimum absolute atomic E-state index is 0.793.